The van der Waals surface area contributed by atoms with Crippen molar-refractivity contribution in [1.29, 1.82) is 5.26 Å². The molecule has 1 aliphatic carbocycles. The minimum Gasteiger partial charge on any atom is -0.481 e. The van der Waals surface area contributed by atoms with Crippen LogP contribution in [-0.4, -0.2) is 31.9 Å². The van der Waals surface area contributed by atoms with Gasteiger partial charge in [0.2, 0.25) is 0 Å². The fourth-order valence-electron chi connectivity index (χ4n) is 2.32. The molecule has 1 aliphatic rings. The predicted molar refractivity (Wildman–Crippen MR) is 71.2 cm³/mol. The molecule has 1 aromatic carbocycles. The molecule has 2 atom stereocenters. The molecule has 0 heterocycles. The van der Waals surface area contributed by atoms with Crippen LogP contribution in [-0.2, 0) is 14.3 Å². The zero-order valence-electron chi connectivity index (χ0n) is 11.4. The second-order valence-corrected chi connectivity index (χ2v) is 4.63. The van der Waals surface area contributed by atoms with Crippen molar-refractivity contribution >= 4 is 5.97 Å². The Kier molecular flexibility index (Phi) is 4.97. The number of esters is 1. The number of carbonyl (C=O) groups excluding carboxylic acids is 1. The molecular formula is C15H17NO4. The number of benzene rings is 1. The first-order valence-electron chi connectivity index (χ1n) is 6.59. The standard InChI is InChI=1S/C15H17NO4/c1-18-13-7-4-8-14(13)20-15(17)10-19-12-6-3-2-5-11(12)9-16/h2-3,5-6,13-14H,4,7-8,10H2,1H3/t13-,14-/m1/s1. The molecule has 0 amide bonds. The molecule has 1 saturated carbocycles. The summed E-state index contributed by atoms with van der Waals surface area (Å²) in [4.78, 5) is 11.7. The lowest BCUT2D eigenvalue weighted by Gasteiger charge is -2.18. The molecule has 0 radical (unpaired) electrons. The normalized spacial score (nSPS) is 21.2. The quantitative estimate of drug-likeness (QED) is 0.769. The van der Waals surface area contributed by atoms with Crippen LogP contribution in [0.25, 0.3) is 0 Å². The van der Waals surface area contributed by atoms with Gasteiger partial charge in [0.1, 0.15) is 17.9 Å². The topological polar surface area (TPSA) is 68.6 Å². The van der Waals surface area contributed by atoms with Crippen LogP contribution in [0.3, 0.4) is 0 Å². The van der Waals surface area contributed by atoms with E-state index >= 15 is 0 Å². The minimum atomic E-state index is -0.438. The summed E-state index contributed by atoms with van der Waals surface area (Å²) in [5.74, 6) is -0.0478. The second kappa shape index (κ2) is 6.92. The minimum absolute atomic E-state index is 0.0228. The molecule has 5 nitrogen and oxygen atoms in total. The maximum absolute atomic E-state index is 11.7. The van der Waals surface area contributed by atoms with Crippen molar-refractivity contribution in [3.63, 3.8) is 0 Å². The third-order valence-electron chi connectivity index (χ3n) is 3.33. The highest BCUT2D eigenvalue weighted by atomic mass is 16.6. The van der Waals surface area contributed by atoms with Gasteiger partial charge in [0.05, 0.1) is 11.7 Å². The lowest BCUT2D eigenvalue weighted by molar-refractivity contribution is -0.156. The molecule has 0 saturated heterocycles. The summed E-state index contributed by atoms with van der Waals surface area (Å²) in [6.45, 7) is -0.203. The van der Waals surface area contributed by atoms with E-state index in [9.17, 15) is 4.79 Å². The predicted octanol–water partition coefficient (Wildman–Crippen LogP) is 2.05. The Morgan fingerprint density at radius 2 is 2.10 bits per heavy atom. The van der Waals surface area contributed by atoms with Crippen LogP contribution in [0.15, 0.2) is 24.3 Å². The SMILES string of the molecule is CO[C@@H]1CCC[C@H]1OC(=O)COc1ccccc1C#N. The van der Waals surface area contributed by atoms with E-state index in [1.807, 2.05) is 6.07 Å². The van der Waals surface area contributed by atoms with Gasteiger partial charge in [-0.25, -0.2) is 4.79 Å². The van der Waals surface area contributed by atoms with E-state index in [0.29, 0.717) is 11.3 Å². The van der Waals surface area contributed by atoms with Gasteiger partial charge in [0.15, 0.2) is 6.61 Å². The molecular weight excluding hydrogens is 258 g/mol. The molecule has 0 N–H and O–H groups in total. The van der Waals surface area contributed by atoms with Crippen LogP contribution in [0.5, 0.6) is 5.75 Å². The highest BCUT2D eigenvalue weighted by Crippen LogP contribution is 2.24. The van der Waals surface area contributed by atoms with Crippen LogP contribution in [0.2, 0.25) is 0 Å². The van der Waals surface area contributed by atoms with Gasteiger partial charge in [0.25, 0.3) is 0 Å². The maximum Gasteiger partial charge on any atom is 0.344 e. The van der Waals surface area contributed by atoms with Gasteiger partial charge in [-0.3, -0.25) is 0 Å². The molecule has 2 rings (SSSR count). The van der Waals surface area contributed by atoms with Crippen molar-refractivity contribution in [2.75, 3.05) is 13.7 Å². The van der Waals surface area contributed by atoms with Gasteiger partial charge in [0, 0.05) is 7.11 Å². The number of rotatable bonds is 5. The van der Waals surface area contributed by atoms with Crippen molar-refractivity contribution in [3.05, 3.63) is 29.8 Å². The molecule has 106 valence electrons. The first-order chi connectivity index (χ1) is 9.74. The molecule has 1 fully saturated rings. The summed E-state index contributed by atoms with van der Waals surface area (Å²) in [7, 11) is 1.62. The Labute approximate surface area is 118 Å². The number of hydrogen-bond acceptors (Lipinski definition) is 5. The van der Waals surface area contributed by atoms with Crippen LogP contribution >= 0.6 is 0 Å². The van der Waals surface area contributed by atoms with Gasteiger partial charge in [-0.2, -0.15) is 5.26 Å². The van der Waals surface area contributed by atoms with E-state index in [2.05, 4.69) is 0 Å². The lowest BCUT2D eigenvalue weighted by Crippen LogP contribution is -2.29. The lowest BCUT2D eigenvalue weighted by atomic mass is 10.2. The van der Waals surface area contributed by atoms with Gasteiger partial charge in [-0.05, 0) is 31.4 Å². The Morgan fingerprint density at radius 1 is 1.35 bits per heavy atom. The number of carbonyl (C=O) groups is 1. The van der Waals surface area contributed by atoms with E-state index in [4.69, 9.17) is 19.5 Å². The third-order valence-corrected chi connectivity index (χ3v) is 3.33. The van der Waals surface area contributed by atoms with Crippen molar-refractivity contribution in [1.82, 2.24) is 0 Å². The molecule has 20 heavy (non-hydrogen) atoms. The van der Waals surface area contributed by atoms with Crippen molar-refractivity contribution in [3.8, 4) is 11.8 Å². The third kappa shape index (κ3) is 3.49. The monoisotopic (exact) mass is 275 g/mol. The number of ether oxygens (including phenoxy) is 3. The molecule has 0 bridgehead atoms. The van der Waals surface area contributed by atoms with Gasteiger partial charge >= 0.3 is 5.97 Å². The zero-order chi connectivity index (χ0) is 14.4. The van der Waals surface area contributed by atoms with E-state index in [1.54, 1.807) is 31.4 Å². The summed E-state index contributed by atoms with van der Waals surface area (Å²) >= 11 is 0. The van der Waals surface area contributed by atoms with Gasteiger partial charge in [-0.1, -0.05) is 12.1 Å². The first-order valence-corrected chi connectivity index (χ1v) is 6.59. The first kappa shape index (κ1) is 14.4. The fraction of sp³-hybridized carbons (Fsp3) is 0.467. The van der Waals surface area contributed by atoms with Crippen molar-refractivity contribution < 1.29 is 19.0 Å². The smallest absolute Gasteiger partial charge is 0.344 e. The van der Waals surface area contributed by atoms with Crippen LogP contribution in [0.1, 0.15) is 24.8 Å². The summed E-state index contributed by atoms with van der Waals surface area (Å²) in [5.41, 5.74) is 0.399. The Bertz CT molecular complexity index is 509. The molecule has 5 heteroatoms. The number of methoxy groups -OCH3 is 1. The largest absolute Gasteiger partial charge is 0.481 e. The average molecular weight is 275 g/mol. The summed E-state index contributed by atoms with van der Waals surface area (Å²) in [6, 6.07) is 8.79. The van der Waals surface area contributed by atoms with Crippen molar-refractivity contribution in [2.24, 2.45) is 0 Å². The molecule has 1 aromatic rings. The zero-order valence-corrected chi connectivity index (χ0v) is 11.4. The maximum atomic E-state index is 11.7. The summed E-state index contributed by atoms with van der Waals surface area (Å²) in [6.07, 6.45) is 2.51. The number of nitrogens with zero attached hydrogens (tertiary/aromatic N) is 1. The van der Waals surface area contributed by atoms with Crippen molar-refractivity contribution in [2.45, 2.75) is 31.5 Å². The Morgan fingerprint density at radius 3 is 2.85 bits per heavy atom. The number of para-hydroxylation sites is 1. The van der Waals surface area contributed by atoms with Gasteiger partial charge < -0.3 is 14.2 Å². The van der Waals surface area contributed by atoms with E-state index in [0.717, 1.165) is 19.3 Å². The Hall–Kier alpha value is -2.06. The van der Waals surface area contributed by atoms with Gasteiger partial charge in [-0.15, -0.1) is 0 Å². The highest BCUT2D eigenvalue weighted by Gasteiger charge is 2.30. The molecule has 0 aliphatic heterocycles. The highest BCUT2D eigenvalue weighted by molar-refractivity contribution is 5.71. The second-order valence-electron chi connectivity index (χ2n) is 4.63. The number of nitriles is 1. The average Bonchev–Trinajstić information content (AvgIpc) is 2.92. The number of hydrogen-bond donors (Lipinski definition) is 0. The van der Waals surface area contributed by atoms with E-state index < -0.39 is 5.97 Å². The van der Waals surface area contributed by atoms with Crippen LogP contribution < -0.4 is 4.74 Å². The molecule has 0 unspecified atom stereocenters. The summed E-state index contributed by atoms with van der Waals surface area (Å²) in [5, 5.41) is 8.92. The molecule has 0 aromatic heterocycles. The van der Waals surface area contributed by atoms with E-state index in [1.165, 1.54) is 0 Å². The summed E-state index contributed by atoms with van der Waals surface area (Å²) < 4.78 is 15.9. The fourth-order valence-corrected chi connectivity index (χ4v) is 2.32. The van der Waals surface area contributed by atoms with Crippen LogP contribution in [0.4, 0.5) is 0 Å². The molecule has 0 spiro atoms. The van der Waals surface area contributed by atoms with E-state index in [-0.39, 0.29) is 18.8 Å². The van der Waals surface area contributed by atoms with Crippen LogP contribution in [0, 0.1) is 11.3 Å². The Balaban J connectivity index is 1.85.